The molecule has 0 unspecified atom stereocenters. The number of fused-ring (bicyclic) bond motifs is 1. The molecule has 0 radical (unpaired) electrons. The average Bonchev–Trinajstić information content (AvgIpc) is 2.71. The first kappa shape index (κ1) is 12.4. The predicted molar refractivity (Wildman–Crippen MR) is 59.9 cm³/mol. The number of hydrogen-bond donors (Lipinski definition) is 1. The van der Waals surface area contributed by atoms with Gasteiger partial charge in [0, 0.05) is 0 Å². The van der Waals surface area contributed by atoms with Crippen molar-refractivity contribution in [2.75, 3.05) is 11.9 Å². The van der Waals surface area contributed by atoms with Crippen LogP contribution in [0.4, 0.5) is 14.8 Å². The molecular weight excluding hydrogens is 214 g/mol. The summed E-state index contributed by atoms with van der Waals surface area (Å²) in [5.41, 5.74) is 1.24. The van der Waals surface area contributed by atoms with Crippen LogP contribution < -0.4 is 5.32 Å². The van der Waals surface area contributed by atoms with Crippen LogP contribution in [0, 0.1) is 0 Å². The zero-order valence-electron chi connectivity index (χ0n) is 9.21. The Kier molecular flexibility index (Phi) is 4.69. The van der Waals surface area contributed by atoms with Gasteiger partial charge in [-0.2, -0.15) is 4.98 Å². The van der Waals surface area contributed by atoms with Crippen LogP contribution in [0.3, 0.4) is 0 Å². The number of aromatic nitrogens is 1. The molecule has 3 nitrogen and oxygen atoms in total. The molecule has 1 N–H and O–H groups in total. The minimum atomic E-state index is -2.41. The van der Waals surface area contributed by atoms with E-state index in [0.29, 0.717) is 11.1 Å². The Labute approximate surface area is 92.5 Å². The largest absolute Gasteiger partial charge is 0.424 e. The zero-order valence-corrected chi connectivity index (χ0v) is 9.21. The van der Waals surface area contributed by atoms with Crippen LogP contribution in [0.25, 0.3) is 11.1 Å². The first-order valence-electron chi connectivity index (χ1n) is 5.13. The SMILES string of the molecule is CC.FC(F)CNc1nc2ccccc2o1. The summed E-state index contributed by atoms with van der Waals surface area (Å²) in [7, 11) is 0. The van der Waals surface area contributed by atoms with Gasteiger partial charge in [0.1, 0.15) is 5.52 Å². The summed E-state index contributed by atoms with van der Waals surface area (Å²) in [4.78, 5) is 3.97. The lowest BCUT2D eigenvalue weighted by Crippen LogP contribution is -2.10. The highest BCUT2D eigenvalue weighted by atomic mass is 19.3. The van der Waals surface area contributed by atoms with Crippen LogP contribution in [0.15, 0.2) is 28.7 Å². The summed E-state index contributed by atoms with van der Waals surface area (Å²) in [6.07, 6.45) is -2.41. The van der Waals surface area contributed by atoms with Crippen molar-refractivity contribution in [3.63, 3.8) is 0 Å². The molecule has 1 heterocycles. The van der Waals surface area contributed by atoms with Gasteiger partial charge in [-0.3, -0.25) is 0 Å². The molecule has 0 bridgehead atoms. The van der Waals surface area contributed by atoms with Crippen molar-refractivity contribution in [1.82, 2.24) is 4.98 Å². The van der Waals surface area contributed by atoms with Crippen LogP contribution >= 0.6 is 0 Å². The maximum absolute atomic E-state index is 11.8. The van der Waals surface area contributed by atoms with Gasteiger partial charge in [-0.1, -0.05) is 26.0 Å². The van der Waals surface area contributed by atoms with E-state index in [4.69, 9.17) is 4.42 Å². The topological polar surface area (TPSA) is 38.1 Å². The van der Waals surface area contributed by atoms with E-state index in [0.717, 1.165) is 0 Å². The first-order chi connectivity index (χ1) is 7.75. The van der Waals surface area contributed by atoms with Gasteiger partial charge in [0.05, 0.1) is 6.54 Å². The molecule has 5 heteroatoms. The van der Waals surface area contributed by atoms with E-state index in [1.807, 2.05) is 19.9 Å². The smallest absolute Gasteiger partial charge is 0.295 e. The monoisotopic (exact) mass is 228 g/mol. The summed E-state index contributed by atoms with van der Waals surface area (Å²) in [5, 5.41) is 2.41. The molecule has 1 aromatic heterocycles. The Hall–Kier alpha value is -1.65. The fraction of sp³-hybridized carbons (Fsp3) is 0.364. The summed E-state index contributed by atoms with van der Waals surface area (Å²) in [6, 6.07) is 7.22. The Bertz CT molecular complexity index is 396. The number of hydrogen-bond acceptors (Lipinski definition) is 3. The van der Waals surface area contributed by atoms with E-state index in [1.54, 1.807) is 18.2 Å². The highest BCUT2D eigenvalue weighted by Crippen LogP contribution is 2.17. The Morgan fingerprint density at radius 3 is 2.62 bits per heavy atom. The molecule has 0 saturated heterocycles. The summed E-state index contributed by atoms with van der Waals surface area (Å²) in [6.45, 7) is 3.55. The summed E-state index contributed by atoms with van der Waals surface area (Å²) in [5.74, 6) is 0. The molecular formula is C11H14F2N2O. The van der Waals surface area contributed by atoms with Crippen LogP contribution in [0.5, 0.6) is 0 Å². The van der Waals surface area contributed by atoms with Gasteiger partial charge in [0.25, 0.3) is 12.4 Å². The highest BCUT2D eigenvalue weighted by molar-refractivity contribution is 5.74. The lowest BCUT2D eigenvalue weighted by atomic mass is 10.3. The maximum atomic E-state index is 11.8. The number of alkyl halides is 2. The van der Waals surface area contributed by atoms with Gasteiger partial charge in [-0.05, 0) is 12.1 Å². The van der Waals surface area contributed by atoms with Crippen molar-refractivity contribution in [2.24, 2.45) is 0 Å². The van der Waals surface area contributed by atoms with Crippen LogP contribution in [-0.2, 0) is 0 Å². The van der Waals surface area contributed by atoms with Crippen molar-refractivity contribution in [3.8, 4) is 0 Å². The second kappa shape index (κ2) is 6.05. The molecule has 0 aliphatic carbocycles. The third-order valence-electron chi connectivity index (χ3n) is 1.70. The normalized spacial score (nSPS) is 10.1. The van der Waals surface area contributed by atoms with Gasteiger partial charge in [0.2, 0.25) is 0 Å². The number of anilines is 1. The Morgan fingerprint density at radius 1 is 1.31 bits per heavy atom. The molecule has 0 spiro atoms. The van der Waals surface area contributed by atoms with E-state index in [1.165, 1.54) is 0 Å². The fourth-order valence-corrected chi connectivity index (χ4v) is 1.11. The molecule has 0 fully saturated rings. The van der Waals surface area contributed by atoms with Crippen LogP contribution in [0.2, 0.25) is 0 Å². The number of para-hydroxylation sites is 2. The molecule has 88 valence electrons. The van der Waals surface area contributed by atoms with Gasteiger partial charge < -0.3 is 9.73 Å². The number of nitrogens with zero attached hydrogens (tertiary/aromatic N) is 1. The van der Waals surface area contributed by atoms with E-state index < -0.39 is 13.0 Å². The molecule has 0 saturated carbocycles. The number of halogens is 2. The Morgan fingerprint density at radius 2 is 2.00 bits per heavy atom. The standard InChI is InChI=1S/C9H8F2N2O.C2H6/c10-8(11)5-12-9-13-6-3-1-2-4-7(6)14-9;1-2/h1-4,8H,5H2,(H,12,13);1-2H3. The molecule has 0 aliphatic heterocycles. The Balaban J connectivity index is 0.000000606. The zero-order chi connectivity index (χ0) is 12.0. The second-order valence-electron chi connectivity index (χ2n) is 2.76. The minimum absolute atomic E-state index is 0.131. The van der Waals surface area contributed by atoms with Gasteiger partial charge in [-0.25, -0.2) is 8.78 Å². The van der Waals surface area contributed by atoms with E-state index in [-0.39, 0.29) is 6.01 Å². The van der Waals surface area contributed by atoms with E-state index >= 15 is 0 Å². The van der Waals surface area contributed by atoms with Gasteiger partial charge in [0.15, 0.2) is 5.58 Å². The third-order valence-corrected chi connectivity index (χ3v) is 1.70. The lowest BCUT2D eigenvalue weighted by molar-refractivity contribution is 0.162. The molecule has 0 aliphatic rings. The molecule has 2 aromatic rings. The van der Waals surface area contributed by atoms with Gasteiger partial charge in [-0.15, -0.1) is 0 Å². The fourth-order valence-electron chi connectivity index (χ4n) is 1.11. The lowest BCUT2D eigenvalue weighted by Gasteiger charge is -1.97. The molecule has 16 heavy (non-hydrogen) atoms. The second-order valence-corrected chi connectivity index (χ2v) is 2.76. The summed E-state index contributed by atoms with van der Waals surface area (Å²) < 4.78 is 28.9. The first-order valence-corrected chi connectivity index (χ1v) is 5.13. The van der Waals surface area contributed by atoms with Crippen LogP contribution in [-0.4, -0.2) is 18.0 Å². The molecule has 2 rings (SSSR count). The van der Waals surface area contributed by atoms with Gasteiger partial charge >= 0.3 is 0 Å². The number of rotatable bonds is 3. The average molecular weight is 228 g/mol. The maximum Gasteiger partial charge on any atom is 0.295 e. The predicted octanol–water partition coefficient (Wildman–Crippen LogP) is 3.53. The molecule has 0 atom stereocenters. The molecule has 0 amide bonds. The van der Waals surface area contributed by atoms with Crippen molar-refractivity contribution in [1.29, 1.82) is 0 Å². The van der Waals surface area contributed by atoms with Crippen LogP contribution in [0.1, 0.15) is 13.8 Å². The van der Waals surface area contributed by atoms with Crippen molar-refractivity contribution in [3.05, 3.63) is 24.3 Å². The van der Waals surface area contributed by atoms with E-state index in [2.05, 4.69) is 10.3 Å². The minimum Gasteiger partial charge on any atom is -0.424 e. The molecule has 1 aromatic carbocycles. The quantitative estimate of drug-likeness (QED) is 0.873. The number of benzene rings is 1. The van der Waals surface area contributed by atoms with Crippen molar-refractivity contribution >= 4 is 17.1 Å². The number of oxazole rings is 1. The van der Waals surface area contributed by atoms with Crippen molar-refractivity contribution in [2.45, 2.75) is 20.3 Å². The summed E-state index contributed by atoms with van der Waals surface area (Å²) >= 11 is 0. The highest BCUT2D eigenvalue weighted by Gasteiger charge is 2.06. The van der Waals surface area contributed by atoms with Crippen molar-refractivity contribution < 1.29 is 13.2 Å². The third kappa shape index (κ3) is 3.18. The number of nitrogens with one attached hydrogen (secondary N) is 1. The van der Waals surface area contributed by atoms with E-state index in [9.17, 15) is 8.78 Å².